The quantitative estimate of drug-likeness (QED) is 0.530. The number of anilines is 1. The second-order valence-electron chi connectivity index (χ2n) is 4.37. The molecule has 0 aliphatic carbocycles. The molecule has 0 saturated heterocycles. The summed E-state index contributed by atoms with van der Waals surface area (Å²) < 4.78 is 4.57. The number of nitrogens with one attached hydrogen (secondary N) is 1. The number of amides is 1. The van der Waals surface area contributed by atoms with Crippen molar-refractivity contribution in [2.45, 2.75) is 6.92 Å². The van der Waals surface area contributed by atoms with Gasteiger partial charge in [-0.25, -0.2) is 4.79 Å². The summed E-state index contributed by atoms with van der Waals surface area (Å²) in [6.45, 7) is 1.73. The van der Waals surface area contributed by atoms with E-state index in [9.17, 15) is 19.7 Å². The van der Waals surface area contributed by atoms with Crippen LogP contribution in [0.15, 0.2) is 30.3 Å². The molecule has 0 saturated carbocycles. The Kier molecular flexibility index (Phi) is 4.52. The van der Waals surface area contributed by atoms with Crippen LogP contribution in [-0.4, -0.2) is 23.9 Å². The number of carbonyl (C=O) groups excluding carboxylic acids is 2. The number of carbonyl (C=O) groups is 2. The maximum atomic E-state index is 12.1. The molecule has 0 fully saturated rings. The highest BCUT2D eigenvalue weighted by Gasteiger charge is 2.16. The zero-order valence-corrected chi connectivity index (χ0v) is 12.6. The lowest BCUT2D eigenvalue weighted by Gasteiger charge is -2.07. The molecule has 1 heterocycles. The normalized spacial score (nSPS) is 10.1. The summed E-state index contributed by atoms with van der Waals surface area (Å²) in [6, 6.07) is 7.21. The first kappa shape index (κ1) is 15.6. The van der Waals surface area contributed by atoms with Crippen LogP contribution in [0.3, 0.4) is 0 Å². The van der Waals surface area contributed by atoms with Gasteiger partial charge in [-0.3, -0.25) is 14.9 Å². The van der Waals surface area contributed by atoms with Gasteiger partial charge in [-0.05, 0) is 24.6 Å². The maximum absolute atomic E-state index is 12.1. The Hall–Kier alpha value is -2.74. The number of nitro groups is 1. The highest BCUT2D eigenvalue weighted by atomic mass is 32.1. The van der Waals surface area contributed by atoms with E-state index in [2.05, 4.69) is 10.1 Å². The molecule has 114 valence electrons. The van der Waals surface area contributed by atoms with E-state index in [-0.39, 0.29) is 5.69 Å². The van der Waals surface area contributed by atoms with Gasteiger partial charge in [0.05, 0.1) is 22.6 Å². The number of nitro benzene ring substituents is 1. The third-order valence-electron chi connectivity index (χ3n) is 2.90. The van der Waals surface area contributed by atoms with Crippen LogP contribution in [0.1, 0.15) is 24.9 Å². The number of esters is 1. The minimum atomic E-state index is -0.532. The van der Waals surface area contributed by atoms with Gasteiger partial charge in [0, 0.05) is 12.1 Å². The number of rotatable bonds is 4. The van der Waals surface area contributed by atoms with Crippen LogP contribution in [-0.2, 0) is 4.74 Å². The van der Waals surface area contributed by atoms with Crippen LogP contribution in [0, 0.1) is 17.0 Å². The van der Waals surface area contributed by atoms with E-state index in [1.165, 1.54) is 31.4 Å². The molecule has 0 spiro atoms. The molecule has 0 radical (unpaired) electrons. The molecular formula is C14H12N2O5S. The Morgan fingerprint density at radius 2 is 1.91 bits per heavy atom. The number of hydrogen-bond acceptors (Lipinski definition) is 6. The fourth-order valence-electron chi connectivity index (χ4n) is 1.71. The van der Waals surface area contributed by atoms with E-state index in [1.54, 1.807) is 13.0 Å². The predicted molar refractivity (Wildman–Crippen MR) is 81.4 cm³/mol. The summed E-state index contributed by atoms with van der Waals surface area (Å²) in [5, 5.41) is 13.4. The molecule has 2 aromatic rings. The standard InChI is InChI=1S/C14H12N2O5S/c1-8-3-4-9(16(19)20)7-10(8)15-13(17)11-5-6-12(22-11)14(18)21-2/h3-7H,1-2H3,(H,15,17). The lowest BCUT2D eigenvalue weighted by atomic mass is 10.2. The van der Waals surface area contributed by atoms with Crippen molar-refractivity contribution >= 4 is 34.6 Å². The molecule has 2 rings (SSSR count). The zero-order valence-electron chi connectivity index (χ0n) is 11.8. The SMILES string of the molecule is COC(=O)c1ccc(C(=O)Nc2cc([N+](=O)[O-])ccc2C)s1. The number of nitrogens with zero attached hydrogens (tertiary/aromatic N) is 1. The minimum absolute atomic E-state index is 0.109. The number of non-ortho nitro benzene ring substituents is 1. The van der Waals surface area contributed by atoms with Gasteiger partial charge in [0.2, 0.25) is 0 Å². The molecule has 1 aromatic heterocycles. The lowest BCUT2D eigenvalue weighted by molar-refractivity contribution is -0.384. The van der Waals surface area contributed by atoms with E-state index in [4.69, 9.17) is 0 Å². The molecule has 0 aliphatic rings. The van der Waals surface area contributed by atoms with Crippen molar-refractivity contribution in [3.8, 4) is 0 Å². The van der Waals surface area contributed by atoms with E-state index in [1.807, 2.05) is 0 Å². The summed E-state index contributed by atoms with van der Waals surface area (Å²) in [5.74, 6) is -0.959. The largest absolute Gasteiger partial charge is 0.465 e. The summed E-state index contributed by atoms with van der Waals surface area (Å²) in [7, 11) is 1.26. The minimum Gasteiger partial charge on any atom is -0.465 e. The van der Waals surface area contributed by atoms with Crippen molar-refractivity contribution < 1.29 is 19.2 Å². The second-order valence-corrected chi connectivity index (χ2v) is 5.45. The Labute approximate surface area is 129 Å². The highest BCUT2D eigenvalue weighted by Crippen LogP contribution is 2.24. The Morgan fingerprint density at radius 3 is 2.55 bits per heavy atom. The van der Waals surface area contributed by atoms with Gasteiger partial charge in [-0.1, -0.05) is 6.07 Å². The van der Waals surface area contributed by atoms with Gasteiger partial charge >= 0.3 is 5.97 Å². The molecule has 0 bridgehead atoms. The summed E-state index contributed by atoms with van der Waals surface area (Å²) >= 11 is 0.989. The van der Waals surface area contributed by atoms with E-state index >= 15 is 0 Å². The summed E-state index contributed by atoms with van der Waals surface area (Å²) in [4.78, 5) is 34.4. The van der Waals surface area contributed by atoms with Gasteiger partial charge in [0.25, 0.3) is 11.6 Å². The zero-order chi connectivity index (χ0) is 16.3. The molecule has 0 unspecified atom stereocenters. The monoisotopic (exact) mass is 320 g/mol. The fraction of sp³-hybridized carbons (Fsp3) is 0.143. The van der Waals surface area contributed by atoms with E-state index < -0.39 is 16.8 Å². The lowest BCUT2D eigenvalue weighted by Crippen LogP contribution is -2.11. The van der Waals surface area contributed by atoms with Crippen LogP contribution in [0.4, 0.5) is 11.4 Å². The Balaban J connectivity index is 2.22. The molecule has 1 N–H and O–H groups in total. The van der Waals surface area contributed by atoms with Crippen molar-refractivity contribution in [3.05, 3.63) is 55.8 Å². The molecule has 0 atom stereocenters. The Bertz CT molecular complexity index is 753. The van der Waals surface area contributed by atoms with Crippen LogP contribution < -0.4 is 5.32 Å². The second kappa shape index (κ2) is 6.35. The van der Waals surface area contributed by atoms with Crippen molar-refractivity contribution in [2.75, 3.05) is 12.4 Å². The summed E-state index contributed by atoms with van der Waals surface area (Å²) in [6.07, 6.45) is 0. The third kappa shape index (κ3) is 3.29. The van der Waals surface area contributed by atoms with Crippen molar-refractivity contribution in [3.63, 3.8) is 0 Å². The van der Waals surface area contributed by atoms with Crippen molar-refractivity contribution in [1.29, 1.82) is 0 Å². The molecule has 7 nitrogen and oxygen atoms in total. The fourth-order valence-corrected chi connectivity index (χ4v) is 2.53. The van der Waals surface area contributed by atoms with Gasteiger partial charge in [0.15, 0.2) is 0 Å². The third-order valence-corrected chi connectivity index (χ3v) is 3.96. The number of thiophene rings is 1. The highest BCUT2D eigenvalue weighted by molar-refractivity contribution is 7.16. The predicted octanol–water partition coefficient (Wildman–Crippen LogP) is 3.00. The first-order valence-corrected chi connectivity index (χ1v) is 6.98. The summed E-state index contributed by atoms with van der Waals surface area (Å²) in [5.41, 5.74) is 0.943. The van der Waals surface area contributed by atoms with Crippen molar-refractivity contribution in [2.24, 2.45) is 0 Å². The van der Waals surface area contributed by atoms with E-state index in [0.29, 0.717) is 21.0 Å². The molecule has 1 aromatic carbocycles. The van der Waals surface area contributed by atoms with E-state index in [0.717, 1.165) is 11.3 Å². The number of methoxy groups -OCH3 is 1. The molecule has 0 aliphatic heterocycles. The van der Waals surface area contributed by atoms with Crippen LogP contribution in [0.25, 0.3) is 0 Å². The van der Waals surface area contributed by atoms with Gasteiger partial charge in [0.1, 0.15) is 4.88 Å². The van der Waals surface area contributed by atoms with Gasteiger partial charge in [-0.15, -0.1) is 11.3 Å². The molecule has 22 heavy (non-hydrogen) atoms. The molecule has 8 heteroatoms. The topological polar surface area (TPSA) is 98.5 Å². The van der Waals surface area contributed by atoms with Crippen LogP contribution >= 0.6 is 11.3 Å². The number of aryl methyl sites for hydroxylation is 1. The van der Waals surface area contributed by atoms with Gasteiger partial charge in [-0.2, -0.15) is 0 Å². The van der Waals surface area contributed by atoms with Crippen LogP contribution in [0.5, 0.6) is 0 Å². The molecular weight excluding hydrogens is 308 g/mol. The first-order chi connectivity index (χ1) is 10.4. The first-order valence-electron chi connectivity index (χ1n) is 6.17. The average Bonchev–Trinajstić information content (AvgIpc) is 2.98. The van der Waals surface area contributed by atoms with Crippen LogP contribution in [0.2, 0.25) is 0 Å². The smallest absolute Gasteiger partial charge is 0.348 e. The van der Waals surface area contributed by atoms with Crippen molar-refractivity contribution in [1.82, 2.24) is 0 Å². The molecule has 1 amide bonds. The van der Waals surface area contributed by atoms with Gasteiger partial charge < -0.3 is 10.1 Å². The number of benzene rings is 1. The number of ether oxygens (including phenoxy) is 1. The maximum Gasteiger partial charge on any atom is 0.348 e. The Morgan fingerprint density at radius 1 is 1.23 bits per heavy atom. The average molecular weight is 320 g/mol. The number of hydrogen-bond donors (Lipinski definition) is 1.